The van der Waals surface area contributed by atoms with Gasteiger partial charge in [-0.05, 0) is 108 Å². The van der Waals surface area contributed by atoms with Crippen LogP contribution in [0.25, 0.3) is 0 Å². The average Bonchev–Trinajstić information content (AvgIpc) is 3.75. The fraction of sp³-hybridized carbons (Fsp3) is 1.00. The summed E-state index contributed by atoms with van der Waals surface area (Å²) < 4.78 is 129. The maximum absolute atomic E-state index is 12.1. The van der Waals surface area contributed by atoms with E-state index in [2.05, 4.69) is 27.1 Å². The summed E-state index contributed by atoms with van der Waals surface area (Å²) in [5.74, 6) is 0. The van der Waals surface area contributed by atoms with Gasteiger partial charge in [-0.2, -0.15) is 9.42 Å². The van der Waals surface area contributed by atoms with Crippen molar-refractivity contribution in [1.82, 2.24) is 0 Å². The molecule has 0 heterocycles. The van der Waals surface area contributed by atoms with E-state index in [-0.39, 0.29) is 24.4 Å². The molecule has 19 nitrogen and oxygen atoms in total. The van der Waals surface area contributed by atoms with Crippen LogP contribution in [0.1, 0.15) is 208 Å². The SMILES string of the molecule is CCCO[PH+]=O.CCO[P+](=O)OCC.CCO[PH+]=O.CCO[PH+]=O.CO[PH+]=O.O=[P+](OC1CCCCCC1)OC1CCCCCC1.O=[P+](OC1CCCCCCC1)OC1CCCCCCC1.O=[PH+]O. The highest BCUT2D eigenvalue weighted by Crippen LogP contribution is 2.37. The summed E-state index contributed by atoms with van der Waals surface area (Å²) in [5.41, 5.74) is 0. The van der Waals surface area contributed by atoms with Gasteiger partial charge in [0.05, 0.1) is 20.3 Å². The zero-order valence-corrected chi connectivity index (χ0v) is 50.3. The first kappa shape index (κ1) is 75.9. The van der Waals surface area contributed by atoms with Crippen LogP contribution in [0, 0.1) is 0 Å². The van der Waals surface area contributed by atoms with Gasteiger partial charge in [-0.3, -0.25) is 0 Å². The Labute approximate surface area is 425 Å². The Morgan fingerprint density at radius 3 is 0.768 bits per heavy atom. The molecule has 0 bridgehead atoms. The van der Waals surface area contributed by atoms with E-state index in [1.54, 1.807) is 27.7 Å². The lowest BCUT2D eigenvalue weighted by molar-refractivity contribution is 0.102. The second-order valence-corrected chi connectivity index (χ2v) is 20.3. The molecule has 27 heteroatoms. The van der Waals surface area contributed by atoms with E-state index in [1.165, 1.54) is 123 Å². The quantitative estimate of drug-likeness (QED) is 0.0676. The molecule has 0 spiro atoms. The Morgan fingerprint density at radius 1 is 0.391 bits per heavy atom. The van der Waals surface area contributed by atoms with Crippen molar-refractivity contribution < 1.29 is 86.7 Å². The standard InChI is InChI=1S/C16H30O3P.C14H26O3P.C4H10O3P.C3H8O2P.2C2H6O2P.CH4O2P.HO2P/c17-20(18-15-11-7-3-1-4-8-12-15)19-16-13-9-5-2-6-10-14-16;15-18(16-13-9-5-1-2-6-10-13)17-14-11-7-3-4-8-12-14;1-3-6-8(5)7-4-2;1-2-3-5-6-4;2*1-2-4-5-3;1-3-4-2;1-3-2/h15-16H,1-14H2;13-14H,1-12H2;3-4H2,1-2H3;6H,2-3H2,1H3;2*5H,2H2,1H3;4H,1H3;3H/q7*+1;/p+1. The molecule has 1 N–H and O–H groups in total. The molecule has 4 aliphatic carbocycles. The highest BCUT2D eigenvalue weighted by molar-refractivity contribution is 7.33. The van der Waals surface area contributed by atoms with Gasteiger partial charge in [-0.15, -0.1) is 40.7 Å². The van der Waals surface area contributed by atoms with Crippen molar-refractivity contribution in [3.8, 4) is 0 Å². The summed E-state index contributed by atoms with van der Waals surface area (Å²) in [7, 11) is -7.81. The number of rotatable bonds is 20. The second kappa shape index (κ2) is 66.4. The Hall–Kier alpha value is 0.360. The molecule has 69 heavy (non-hydrogen) atoms. The molecule has 0 aromatic heterocycles. The fourth-order valence-corrected chi connectivity index (χ4v) is 9.72. The molecular formula is C42H92O19P8+8. The minimum atomic E-state index is -1.92. The molecule has 0 amide bonds. The van der Waals surface area contributed by atoms with Gasteiger partial charge in [-0.25, -0.2) is 0 Å². The van der Waals surface area contributed by atoms with Crippen LogP contribution >= 0.6 is 68.2 Å². The van der Waals surface area contributed by atoms with Gasteiger partial charge >= 0.3 is 68.2 Å². The molecule has 4 aliphatic rings. The Bertz CT molecular complexity index is 1090. The minimum absolute atomic E-state index is 0.160. The molecule has 406 valence electrons. The summed E-state index contributed by atoms with van der Waals surface area (Å²) in [4.78, 5) is 7.04. The van der Waals surface area contributed by atoms with Crippen molar-refractivity contribution in [3.05, 3.63) is 0 Å². The van der Waals surface area contributed by atoms with Crippen LogP contribution in [0.3, 0.4) is 0 Å². The Balaban J connectivity index is -0.000000389. The van der Waals surface area contributed by atoms with Gasteiger partial charge < -0.3 is 0 Å². The molecule has 0 aliphatic heterocycles. The van der Waals surface area contributed by atoms with Crippen LogP contribution < -0.4 is 0 Å². The van der Waals surface area contributed by atoms with Crippen LogP contribution in [0.5, 0.6) is 0 Å². The summed E-state index contributed by atoms with van der Waals surface area (Å²) in [6.45, 7) is 11.7. The van der Waals surface area contributed by atoms with E-state index in [0.717, 1.165) is 57.8 Å². The van der Waals surface area contributed by atoms with Crippen LogP contribution in [0.4, 0.5) is 0 Å². The number of hydrogen-bond acceptors (Lipinski definition) is 18. The maximum atomic E-state index is 12.1. The lowest BCUT2D eigenvalue weighted by Gasteiger charge is -2.16. The van der Waals surface area contributed by atoms with Gasteiger partial charge in [0, 0.05) is 13.7 Å². The van der Waals surface area contributed by atoms with Crippen molar-refractivity contribution in [2.24, 2.45) is 0 Å². The molecule has 4 saturated carbocycles. The highest BCUT2D eigenvalue weighted by atomic mass is 31.1. The first-order chi connectivity index (χ1) is 33.6. The van der Waals surface area contributed by atoms with Crippen LogP contribution in [0.2, 0.25) is 0 Å². The third kappa shape index (κ3) is 64.4. The lowest BCUT2D eigenvalue weighted by Crippen LogP contribution is -2.15. The molecule has 0 radical (unpaired) electrons. The summed E-state index contributed by atoms with van der Waals surface area (Å²) in [6.07, 6.45) is 32.7. The van der Waals surface area contributed by atoms with Crippen LogP contribution in [-0.2, 0) is 81.8 Å². The third-order valence-electron chi connectivity index (χ3n) is 9.97. The van der Waals surface area contributed by atoms with Crippen molar-refractivity contribution in [1.29, 1.82) is 0 Å². The predicted molar refractivity (Wildman–Crippen MR) is 279 cm³/mol. The van der Waals surface area contributed by atoms with Gasteiger partial charge in [-0.1, -0.05) is 122 Å². The van der Waals surface area contributed by atoms with Gasteiger partial charge in [0.25, 0.3) is 0 Å². The summed E-state index contributed by atoms with van der Waals surface area (Å²) in [6, 6.07) is 0. The maximum Gasteiger partial charge on any atom is 0.697 e. The molecule has 0 aromatic rings. The minimum Gasteiger partial charge on any atom is -0.162 e. The molecule has 4 fully saturated rings. The van der Waals surface area contributed by atoms with E-state index < -0.39 is 68.2 Å². The van der Waals surface area contributed by atoms with Gasteiger partial charge in [0.2, 0.25) is 0 Å². The topological polar surface area (TPSA) is 249 Å². The summed E-state index contributed by atoms with van der Waals surface area (Å²) in [5, 5.41) is 0. The summed E-state index contributed by atoms with van der Waals surface area (Å²) >= 11 is 0. The first-order valence-corrected chi connectivity index (χ1v) is 32.2. The third-order valence-corrected chi connectivity index (χ3v) is 14.1. The van der Waals surface area contributed by atoms with Crippen molar-refractivity contribution in [2.75, 3.05) is 40.1 Å². The van der Waals surface area contributed by atoms with Gasteiger partial charge in [0.15, 0.2) is 0 Å². The largest absolute Gasteiger partial charge is 0.697 e. The van der Waals surface area contributed by atoms with Crippen molar-refractivity contribution in [3.63, 3.8) is 0 Å². The van der Waals surface area contributed by atoms with Crippen molar-refractivity contribution >= 4 is 68.2 Å². The van der Waals surface area contributed by atoms with E-state index in [4.69, 9.17) is 32.1 Å². The second-order valence-electron chi connectivity index (χ2n) is 15.4. The van der Waals surface area contributed by atoms with E-state index in [1.807, 2.05) is 6.92 Å². The van der Waals surface area contributed by atoms with E-state index in [0.29, 0.717) is 33.0 Å². The molecule has 0 aromatic carbocycles. The predicted octanol–water partition coefficient (Wildman–Crippen LogP) is 16.5. The number of hydrogen-bond donors (Lipinski definition) is 1. The van der Waals surface area contributed by atoms with E-state index in [9.17, 15) is 27.4 Å². The van der Waals surface area contributed by atoms with Crippen LogP contribution in [-0.4, -0.2) is 69.5 Å². The zero-order chi connectivity index (χ0) is 52.3. The molecule has 5 unspecified atom stereocenters. The smallest absolute Gasteiger partial charge is 0.162 e. The van der Waals surface area contributed by atoms with Crippen molar-refractivity contribution in [2.45, 2.75) is 232 Å². The highest BCUT2D eigenvalue weighted by Gasteiger charge is 2.33. The first-order valence-electron chi connectivity index (χ1n) is 24.8. The Morgan fingerprint density at radius 2 is 0.623 bits per heavy atom. The van der Waals surface area contributed by atoms with Gasteiger partial charge in [0.1, 0.15) is 44.2 Å². The normalized spacial score (nSPS) is 17.4. The monoisotopic (exact) mass is 1150 g/mol. The molecular weight excluding hydrogens is 1060 g/mol. The molecule has 5 atom stereocenters. The molecule has 4 rings (SSSR count). The van der Waals surface area contributed by atoms with Crippen LogP contribution in [0.15, 0.2) is 0 Å². The zero-order valence-electron chi connectivity index (χ0n) is 42.6. The molecule has 0 saturated heterocycles. The average molecular weight is 1150 g/mol. The Kier molecular flexibility index (Phi) is 73.0. The fourth-order valence-electron chi connectivity index (χ4n) is 6.79. The van der Waals surface area contributed by atoms with E-state index >= 15 is 0 Å². The lowest BCUT2D eigenvalue weighted by atomic mass is 9.99.